The van der Waals surface area contributed by atoms with Crippen LogP contribution in [0.25, 0.3) is 0 Å². The number of hydrogen-bond acceptors (Lipinski definition) is 6. The Bertz CT molecular complexity index is 795. The highest BCUT2D eigenvalue weighted by Gasteiger charge is 2.57. The van der Waals surface area contributed by atoms with Gasteiger partial charge in [0.2, 0.25) is 0 Å². The summed E-state index contributed by atoms with van der Waals surface area (Å²) in [5, 5.41) is 3.72. The van der Waals surface area contributed by atoms with Crippen LogP contribution in [0.5, 0.6) is 0 Å². The number of rotatable bonds is 4. The third-order valence-corrected chi connectivity index (χ3v) is 8.19. The largest absolute Gasteiger partial charge is 0.444 e. The Hall–Kier alpha value is -1.89. The van der Waals surface area contributed by atoms with Gasteiger partial charge in [-0.25, -0.2) is 14.8 Å². The SMILES string of the molecule is O=C(O[C@@H]1CCOC1)N1CCc2c(ncnc2NCC23CC4CC(CC2C4)C3)C1. The number of nitrogens with zero attached hydrogens (tertiary/aromatic N) is 3. The molecular weight excluding hydrogens is 368 g/mol. The van der Waals surface area contributed by atoms with Gasteiger partial charge in [0.05, 0.1) is 25.5 Å². The summed E-state index contributed by atoms with van der Waals surface area (Å²) in [5.74, 6) is 3.84. The van der Waals surface area contributed by atoms with Crippen molar-refractivity contribution < 1.29 is 14.3 Å². The highest BCUT2D eigenvalue weighted by atomic mass is 16.6. The second-order valence-electron chi connectivity index (χ2n) is 9.95. The van der Waals surface area contributed by atoms with Crippen molar-refractivity contribution in [2.75, 3.05) is 31.6 Å². The standard InChI is InChI=1S/C22H30N4O3/c27-21(29-17-2-4-28-11-17)26-3-1-18-19(10-26)24-13-25-20(18)23-12-22-8-14-5-15(9-22)7-16(22)6-14/h13-17H,1-12H2,(H,23,24,25)/t14?,15?,16?,17-,22?/m1/s1. The first-order valence-electron chi connectivity index (χ1n) is 11.3. The lowest BCUT2D eigenvalue weighted by Gasteiger charge is -2.34. The first-order valence-corrected chi connectivity index (χ1v) is 11.3. The average Bonchev–Trinajstić information content (AvgIpc) is 3.38. The summed E-state index contributed by atoms with van der Waals surface area (Å²) in [6.45, 7) is 3.38. The number of anilines is 1. The maximum atomic E-state index is 12.5. The van der Waals surface area contributed by atoms with Crippen molar-refractivity contribution >= 4 is 11.9 Å². The molecule has 3 heterocycles. The molecule has 2 aliphatic heterocycles. The Morgan fingerprint density at radius 1 is 1.28 bits per heavy atom. The number of carbonyl (C=O) groups excluding carboxylic acids is 1. The van der Waals surface area contributed by atoms with E-state index in [1.165, 1.54) is 37.7 Å². The van der Waals surface area contributed by atoms with Gasteiger partial charge in [0.25, 0.3) is 0 Å². The maximum Gasteiger partial charge on any atom is 0.410 e. The summed E-state index contributed by atoms with van der Waals surface area (Å²) < 4.78 is 10.9. The third-order valence-electron chi connectivity index (χ3n) is 8.19. The van der Waals surface area contributed by atoms with Crippen LogP contribution >= 0.6 is 0 Å². The van der Waals surface area contributed by atoms with Crippen LogP contribution in [0.4, 0.5) is 10.6 Å². The summed E-state index contributed by atoms with van der Waals surface area (Å²) in [7, 11) is 0. The molecule has 2 unspecified atom stereocenters. The fourth-order valence-corrected chi connectivity index (χ4v) is 7.00. The Labute approximate surface area is 171 Å². The Morgan fingerprint density at radius 3 is 2.93 bits per heavy atom. The molecule has 1 aromatic heterocycles. The smallest absolute Gasteiger partial charge is 0.410 e. The van der Waals surface area contributed by atoms with Crippen LogP contribution in [0.2, 0.25) is 0 Å². The predicted octanol–water partition coefficient (Wildman–Crippen LogP) is 3.00. The first-order chi connectivity index (χ1) is 14.2. The van der Waals surface area contributed by atoms with Crippen LogP contribution in [0, 0.1) is 23.2 Å². The van der Waals surface area contributed by atoms with Crippen molar-refractivity contribution in [1.82, 2.24) is 14.9 Å². The van der Waals surface area contributed by atoms with Crippen molar-refractivity contribution in [3.05, 3.63) is 17.6 Å². The monoisotopic (exact) mass is 398 g/mol. The molecule has 1 aromatic rings. The number of nitrogens with one attached hydrogen (secondary N) is 1. The molecular formula is C22H30N4O3. The number of fused-ring (bicyclic) bond motifs is 1. The minimum absolute atomic E-state index is 0.109. The van der Waals surface area contributed by atoms with E-state index in [0.717, 1.165) is 48.7 Å². The molecule has 0 aromatic carbocycles. The molecule has 7 heteroatoms. The van der Waals surface area contributed by atoms with Crippen LogP contribution in [0.15, 0.2) is 6.33 Å². The van der Waals surface area contributed by atoms with E-state index in [4.69, 9.17) is 9.47 Å². The quantitative estimate of drug-likeness (QED) is 0.840. The van der Waals surface area contributed by atoms with Crippen molar-refractivity contribution in [2.45, 2.75) is 57.6 Å². The Kier molecular flexibility index (Phi) is 4.22. The molecule has 3 atom stereocenters. The topological polar surface area (TPSA) is 76.6 Å². The second kappa shape index (κ2) is 6.83. The molecule has 6 aliphatic rings. The number of hydrogen-bond donors (Lipinski definition) is 1. The van der Waals surface area contributed by atoms with E-state index in [1.807, 2.05) is 0 Å². The van der Waals surface area contributed by atoms with Gasteiger partial charge in [0.15, 0.2) is 0 Å². The predicted molar refractivity (Wildman–Crippen MR) is 106 cm³/mol. The molecule has 1 amide bonds. The first kappa shape index (κ1) is 17.9. The van der Waals surface area contributed by atoms with Gasteiger partial charge in [-0.2, -0.15) is 0 Å². The normalized spacial score (nSPS) is 37.0. The van der Waals surface area contributed by atoms with Crippen LogP contribution < -0.4 is 5.32 Å². The van der Waals surface area contributed by atoms with Gasteiger partial charge in [0, 0.05) is 25.1 Å². The van der Waals surface area contributed by atoms with Gasteiger partial charge in [-0.1, -0.05) is 0 Å². The van der Waals surface area contributed by atoms with E-state index in [1.54, 1.807) is 11.2 Å². The zero-order chi connectivity index (χ0) is 19.4. The van der Waals surface area contributed by atoms with Crippen molar-refractivity contribution in [2.24, 2.45) is 23.2 Å². The van der Waals surface area contributed by atoms with Gasteiger partial charge >= 0.3 is 6.09 Å². The van der Waals surface area contributed by atoms with Crippen LogP contribution in [0.1, 0.15) is 49.8 Å². The van der Waals surface area contributed by atoms with Gasteiger partial charge < -0.3 is 19.7 Å². The molecule has 29 heavy (non-hydrogen) atoms. The van der Waals surface area contributed by atoms with Crippen LogP contribution in [-0.4, -0.2) is 53.4 Å². The fourth-order valence-electron chi connectivity index (χ4n) is 7.00. The summed E-state index contributed by atoms with van der Waals surface area (Å²) >= 11 is 0. The van der Waals surface area contributed by atoms with Gasteiger partial charge in [0.1, 0.15) is 18.2 Å². The Balaban J connectivity index is 1.13. The van der Waals surface area contributed by atoms with Crippen molar-refractivity contribution in [3.8, 4) is 0 Å². The molecule has 0 radical (unpaired) electrons. The minimum Gasteiger partial charge on any atom is -0.444 e. The lowest BCUT2D eigenvalue weighted by Crippen LogP contribution is -2.39. The highest BCUT2D eigenvalue weighted by Crippen LogP contribution is 2.65. The molecule has 7 nitrogen and oxygen atoms in total. The van der Waals surface area contributed by atoms with E-state index in [-0.39, 0.29) is 12.2 Å². The van der Waals surface area contributed by atoms with Gasteiger partial charge in [-0.05, 0) is 61.7 Å². The van der Waals surface area contributed by atoms with Crippen LogP contribution in [0.3, 0.4) is 0 Å². The zero-order valence-corrected chi connectivity index (χ0v) is 16.9. The van der Waals surface area contributed by atoms with Crippen molar-refractivity contribution in [3.63, 3.8) is 0 Å². The lowest BCUT2D eigenvalue weighted by molar-refractivity contribution is 0.0513. The molecule has 7 rings (SSSR count). The molecule has 4 bridgehead atoms. The number of aromatic nitrogens is 2. The summed E-state index contributed by atoms with van der Waals surface area (Å²) in [6.07, 6.45) is 10.0. The molecule has 4 saturated carbocycles. The fraction of sp³-hybridized carbons (Fsp3) is 0.773. The van der Waals surface area contributed by atoms with Gasteiger partial charge in [-0.3, -0.25) is 0 Å². The minimum atomic E-state index is -0.253. The summed E-state index contributed by atoms with van der Waals surface area (Å²) in [6, 6.07) is 0. The number of ether oxygens (including phenoxy) is 2. The molecule has 1 N–H and O–H groups in total. The summed E-state index contributed by atoms with van der Waals surface area (Å²) in [5.41, 5.74) is 2.62. The highest BCUT2D eigenvalue weighted by molar-refractivity contribution is 5.68. The molecule has 5 fully saturated rings. The third kappa shape index (κ3) is 3.09. The molecule has 156 valence electrons. The zero-order valence-electron chi connectivity index (χ0n) is 16.9. The molecule has 4 aliphatic carbocycles. The van der Waals surface area contributed by atoms with E-state index in [9.17, 15) is 4.79 Å². The van der Waals surface area contributed by atoms with E-state index >= 15 is 0 Å². The average molecular weight is 399 g/mol. The molecule has 0 spiro atoms. The maximum absolute atomic E-state index is 12.5. The van der Waals surface area contributed by atoms with E-state index in [0.29, 0.717) is 31.7 Å². The lowest BCUT2D eigenvalue weighted by atomic mass is 9.75. The van der Waals surface area contributed by atoms with Crippen LogP contribution in [-0.2, 0) is 22.4 Å². The van der Waals surface area contributed by atoms with Gasteiger partial charge in [-0.15, -0.1) is 0 Å². The molecule has 1 saturated heterocycles. The van der Waals surface area contributed by atoms with Crippen molar-refractivity contribution in [1.29, 1.82) is 0 Å². The van der Waals surface area contributed by atoms with E-state index < -0.39 is 0 Å². The summed E-state index contributed by atoms with van der Waals surface area (Å²) in [4.78, 5) is 23.3. The second-order valence-corrected chi connectivity index (χ2v) is 9.95. The number of amides is 1. The number of carbonyl (C=O) groups is 1. The van der Waals surface area contributed by atoms with E-state index in [2.05, 4.69) is 15.3 Å². The Morgan fingerprint density at radius 2 is 2.14 bits per heavy atom.